The number of fused-ring (bicyclic) bond motifs is 4. The molecule has 12 fully saturated rings. The van der Waals surface area contributed by atoms with Gasteiger partial charge < -0.3 is 18.9 Å². The van der Waals surface area contributed by atoms with Crippen LogP contribution in [0.5, 0.6) is 0 Å². The van der Waals surface area contributed by atoms with Crippen LogP contribution in [-0.4, -0.2) is 169 Å². The third-order valence-electron chi connectivity index (χ3n) is 22.0. The minimum atomic E-state index is -3.67. The molecule has 0 amide bonds. The Morgan fingerprint density at radius 3 is 1.49 bits per heavy atom. The van der Waals surface area contributed by atoms with Gasteiger partial charge in [0.2, 0.25) is 20.5 Å². The van der Waals surface area contributed by atoms with E-state index in [1.54, 1.807) is 48.5 Å². The zero-order valence-electron chi connectivity index (χ0n) is 53.2. The summed E-state index contributed by atoms with van der Waals surface area (Å²) in [6.45, 7) is 35.5. The van der Waals surface area contributed by atoms with Crippen LogP contribution in [0.1, 0.15) is 122 Å². The molecule has 8 saturated carbocycles. The summed E-state index contributed by atoms with van der Waals surface area (Å²) in [6, 6.07) is 0. The van der Waals surface area contributed by atoms with Crippen molar-refractivity contribution in [1.29, 1.82) is 0 Å². The Hall–Kier alpha value is -3.44. The molecule has 8 bridgehead atoms. The first kappa shape index (κ1) is 72.8. The van der Waals surface area contributed by atoms with Crippen molar-refractivity contribution in [3.8, 4) is 0 Å². The minimum absolute atomic E-state index is 0.00410. The lowest BCUT2D eigenvalue weighted by Gasteiger charge is -2.48. The van der Waals surface area contributed by atoms with Crippen LogP contribution in [0.4, 0.5) is 0 Å². The lowest BCUT2D eigenvalue weighted by molar-refractivity contribution is -0.200. The molecule has 0 aromatic rings. The molecule has 0 aromatic heterocycles. The van der Waals surface area contributed by atoms with Crippen molar-refractivity contribution in [2.75, 3.05) is 23.0 Å². The second-order valence-corrected chi connectivity index (χ2v) is 38.9. The number of carbonyl (C=O) groups excluding carboxylic acids is 8. The van der Waals surface area contributed by atoms with Crippen LogP contribution in [0.2, 0.25) is 0 Å². The first-order valence-corrected chi connectivity index (χ1v) is 39.8. The van der Waals surface area contributed by atoms with Crippen LogP contribution in [0.3, 0.4) is 0 Å². The summed E-state index contributed by atoms with van der Waals surface area (Å²) in [5.74, 6) is -2.99. The Bertz CT molecular complexity index is 3710. The Morgan fingerprint density at radius 1 is 0.511 bits per heavy atom. The lowest BCUT2D eigenvalue weighted by atomic mass is 9.66. The van der Waals surface area contributed by atoms with Crippen molar-refractivity contribution in [2.45, 2.75) is 190 Å². The Kier molecular flexibility index (Phi) is 19.7. The molecule has 21 atom stereocenters. The predicted molar refractivity (Wildman–Crippen MR) is 341 cm³/mol. The summed E-state index contributed by atoms with van der Waals surface area (Å²) in [7, 11) is -14.3. The fourth-order valence-electron chi connectivity index (χ4n) is 17.3. The molecule has 92 heavy (non-hydrogen) atoms. The Labute approximate surface area is 554 Å². The highest BCUT2D eigenvalue weighted by Crippen LogP contribution is 2.74. The molecule has 12 rings (SSSR count). The molecule has 12 aliphatic rings. The van der Waals surface area contributed by atoms with Crippen LogP contribution in [0.15, 0.2) is 48.6 Å². The SMILES string of the molecule is C=C(C)C(=O)SCC(=O)OC1(C)C2(C)CC3C(C2C)C1(C)OS3(=O)=O.C=C(C)C(=O)SCC(=O)OC1(C)C2CC3C1OS(=O)(=O)C3C2.C=C(C)C(=O)SCC(=O)OC1C2CC3C(C)(C2)C1OS3(=O)=O.C=C(C)C(=O)SCC(=O)OC1C2OS(=O)(=O)C3CC1C(C)(C)C23. The highest BCUT2D eigenvalue weighted by molar-refractivity contribution is 8.15. The van der Waals surface area contributed by atoms with Crippen molar-refractivity contribution in [3.63, 3.8) is 0 Å². The zero-order chi connectivity index (χ0) is 68.7. The number of rotatable bonds is 16. The molecule has 21 unspecified atom stereocenters. The van der Waals surface area contributed by atoms with E-state index in [-0.39, 0.29) is 90.3 Å². The summed E-state index contributed by atoms with van der Waals surface area (Å²) in [5, 5.41) is -2.98. The monoisotopic (exact) mass is 1440 g/mol. The van der Waals surface area contributed by atoms with Crippen molar-refractivity contribution < 1.29 is 108 Å². The summed E-state index contributed by atoms with van der Waals surface area (Å²) in [5.41, 5.74) is -2.81. The fourth-order valence-corrected chi connectivity index (χ4v) is 27.8. The standard InChI is InChI=1S/C17H24O6S2.C15H20O6S2.2C14H18O6S2/c1-9(2)14(19)24-8-12(18)22-17(6)15(4)7-11-13(10(15)3)16(17,5)23-25(11,20)21;1-7(2)14(17)22-6-10(16)20-12-8-5-9-11(15(8,3)4)13(12)21-23(9,18)19;1-7(2)13(16)21-6-10(15)19-11-8-4-9-14(3,5-8)12(11)20-22(9,17)18;1-7(2)13(16)21-6-11(15)19-14(3)8-4-9-10(5-8)22(17,18)20-12(9)14/h10-11,13H,1,7-8H2,2-6H3;8-9,11-13H,1,5-6H2,2-4H3;8-9,11-12H,1,4-6H2,2-3H3;8-10,12H,1,4-6H2,2-3H3. The summed E-state index contributed by atoms with van der Waals surface area (Å²) < 4.78 is 140. The van der Waals surface area contributed by atoms with Crippen LogP contribution >= 0.6 is 47.0 Å². The van der Waals surface area contributed by atoms with Gasteiger partial charge in [0.25, 0.3) is 40.5 Å². The van der Waals surface area contributed by atoms with E-state index in [0.717, 1.165) is 47.0 Å². The molecule has 4 saturated heterocycles. The average molecular weight is 1440 g/mol. The first-order valence-electron chi connectivity index (χ1n) is 30.0. The van der Waals surface area contributed by atoms with Gasteiger partial charge in [0, 0.05) is 46.3 Å². The predicted octanol–water partition coefficient (Wildman–Crippen LogP) is 6.32. The highest BCUT2D eigenvalue weighted by atomic mass is 32.2. The average Bonchev–Trinajstić information content (AvgIpc) is 1.48. The molecule has 4 heterocycles. The van der Waals surface area contributed by atoms with E-state index in [9.17, 15) is 72.0 Å². The van der Waals surface area contributed by atoms with Gasteiger partial charge in [0.1, 0.15) is 47.3 Å². The van der Waals surface area contributed by atoms with Gasteiger partial charge in [-0.05, 0) is 121 Å². The summed E-state index contributed by atoms with van der Waals surface area (Å²) in [6.07, 6.45) is 0.362. The van der Waals surface area contributed by atoms with E-state index in [1.807, 2.05) is 34.6 Å². The number of carbonyl (C=O) groups is 8. The molecule has 0 N–H and O–H groups in total. The zero-order valence-corrected chi connectivity index (χ0v) is 59.7. The van der Waals surface area contributed by atoms with Crippen molar-refractivity contribution in [3.05, 3.63) is 48.6 Å². The van der Waals surface area contributed by atoms with Crippen molar-refractivity contribution in [1.82, 2.24) is 0 Å². The summed E-state index contributed by atoms with van der Waals surface area (Å²) >= 11 is 3.37. The summed E-state index contributed by atoms with van der Waals surface area (Å²) in [4.78, 5) is 94.3. The maximum atomic E-state index is 12.4. The second-order valence-electron chi connectivity index (χ2n) is 28.0. The molecule has 0 radical (unpaired) electrons. The van der Waals surface area contributed by atoms with E-state index in [0.29, 0.717) is 60.8 Å². The van der Waals surface area contributed by atoms with Gasteiger partial charge in [-0.25, -0.2) is 0 Å². The molecule has 512 valence electrons. The van der Waals surface area contributed by atoms with Gasteiger partial charge in [-0.15, -0.1) is 0 Å². The lowest BCUT2D eigenvalue weighted by Crippen LogP contribution is -2.60. The van der Waals surface area contributed by atoms with Crippen LogP contribution < -0.4 is 0 Å². The van der Waals surface area contributed by atoms with Crippen molar-refractivity contribution in [2.24, 2.45) is 57.7 Å². The van der Waals surface area contributed by atoms with Gasteiger partial charge in [0.15, 0.2) is 0 Å². The van der Waals surface area contributed by atoms with E-state index in [1.165, 1.54) is 0 Å². The van der Waals surface area contributed by atoms with E-state index in [4.69, 9.17) is 35.7 Å². The van der Waals surface area contributed by atoms with Crippen LogP contribution in [0, 0.1) is 57.7 Å². The van der Waals surface area contributed by atoms with E-state index in [2.05, 4.69) is 26.3 Å². The third kappa shape index (κ3) is 12.2. The molecule has 8 aliphatic carbocycles. The molecule has 24 nitrogen and oxygen atoms in total. The topological polar surface area (TPSA) is 347 Å². The normalized spacial score (nSPS) is 41.6. The van der Waals surface area contributed by atoms with Gasteiger partial charge in [-0.1, -0.05) is 108 Å². The number of hydrogen-bond donors (Lipinski definition) is 0. The maximum absolute atomic E-state index is 12.4. The Balaban J connectivity index is 0.000000145. The fraction of sp³-hybridized carbons (Fsp3) is 0.733. The molecular formula is C60H80O24S8. The quantitative estimate of drug-likeness (QED) is 0.0706. The number of ether oxygens (including phenoxy) is 4. The van der Waals surface area contributed by atoms with Crippen molar-refractivity contribution >= 4 is 132 Å². The van der Waals surface area contributed by atoms with Crippen LogP contribution in [0.25, 0.3) is 0 Å². The number of esters is 4. The molecule has 32 heteroatoms. The molecular weight excluding hydrogens is 1360 g/mol. The van der Waals surface area contributed by atoms with Gasteiger partial charge >= 0.3 is 23.9 Å². The number of hydrogen-bond acceptors (Lipinski definition) is 28. The highest BCUT2D eigenvalue weighted by Gasteiger charge is 2.84. The maximum Gasteiger partial charge on any atom is 0.317 e. The van der Waals surface area contributed by atoms with Crippen LogP contribution in [-0.2, 0) is 115 Å². The minimum Gasteiger partial charge on any atom is -0.459 e. The largest absolute Gasteiger partial charge is 0.459 e. The van der Waals surface area contributed by atoms with Gasteiger partial charge in [-0.2, -0.15) is 33.7 Å². The Morgan fingerprint density at radius 2 is 0.978 bits per heavy atom. The van der Waals surface area contributed by atoms with E-state index >= 15 is 0 Å². The number of thioether (sulfide) groups is 4. The van der Waals surface area contributed by atoms with Gasteiger partial charge in [-0.3, -0.25) is 55.1 Å². The molecule has 0 aromatic carbocycles. The second kappa shape index (κ2) is 24.8. The van der Waals surface area contributed by atoms with Gasteiger partial charge in [0.05, 0.1) is 44.0 Å². The molecule has 0 spiro atoms. The third-order valence-corrected chi connectivity index (χ3v) is 33.2. The first-order chi connectivity index (χ1) is 42.2. The smallest absolute Gasteiger partial charge is 0.317 e. The van der Waals surface area contributed by atoms with E-state index < -0.39 is 144 Å². The molecule has 4 aliphatic heterocycles.